The van der Waals surface area contributed by atoms with Gasteiger partial charge in [0.15, 0.2) is 5.65 Å². The molecule has 150 valence electrons. The SMILES string of the molecule is Cc1cc(C)n2nc(C)c(C(=O)N3CCC(Cc4cccc(C(=O)O)c4)C3)c2n1. The van der Waals surface area contributed by atoms with Crippen molar-refractivity contribution in [1.29, 1.82) is 0 Å². The predicted molar refractivity (Wildman–Crippen MR) is 108 cm³/mol. The van der Waals surface area contributed by atoms with Crippen molar-refractivity contribution in [1.82, 2.24) is 19.5 Å². The number of carbonyl (C=O) groups excluding carboxylic acids is 1. The summed E-state index contributed by atoms with van der Waals surface area (Å²) >= 11 is 0. The van der Waals surface area contributed by atoms with Gasteiger partial charge in [-0.15, -0.1) is 0 Å². The Balaban J connectivity index is 1.53. The number of nitrogens with zero attached hydrogens (tertiary/aromatic N) is 4. The van der Waals surface area contributed by atoms with Crippen LogP contribution in [0.1, 0.15) is 49.8 Å². The molecule has 1 N–H and O–H groups in total. The van der Waals surface area contributed by atoms with Gasteiger partial charge in [-0.3, -0.25) is 4.79 Å². The summed E-state index contributed by atoms with van der Waals surface area (Å²) in [5.41, 5.74) is 4.98. The van der Waals surface area contributed by atoms with Crippen LogP contribution in [0.15, 0.2) is 30.3 Å². The number of aromatic carboxylic acids is 1. The van der Waals surface area contributed by atoms with Gasteiger partial charge in [-0.2, -0.15) is 5.10 Å². The van der Waals surface area contributed by atoms with Crippen LogP contribution in [-0.2, 0) is 6.42 Å². The topological polar surface area (TPSA) is 87.8 Å². The molecule has 1 unspecified atom stereocenters. The summed E-state index contributed by atoms with van der Waals surface area (Å²) in [6, 6.07) is 8.99. The van der Waals surface area contributed by atoms with Gasteiger partial charge >= 0.3 is 5.97 Å². The summed E-state index contributed by atoms with van der Waals surface area (Å²) < 4.78 is 1.74. The van der Waals surface area contributed by atoms with Crippen LogP contribution >= 0.6 is 0 Å². The largest absolute Gasteiger partial charge is 0.478 e. The quantitative estimate of drug-likeness (QED) is 0.737. The fourth-order valence-electron chi connectivity index (χ4n) is 4.18. The monoisotopic (exact) mass is 392 g/mol. The van der Waals surface area contributed by atoms with Crippen molar-refractivity contribution >= 4 is 17.5 Å². The molecule has 0 radical (unpaired) electrons. The van der Waals surface area contributed by atoms with E-state index in [1.807, 2.05) is 37.8 Å². The number of hydrogen-bond acceptors (Lipinski definition) is 4. The van der Waals surface area contributed by atoms with Gasteiger partial charge in [0.05, 0.1) is 11.3 Å². The highest BCUT2D eigenvalue weighted by Gasteiger charge is 2.30. The Hall–Kier alpha value is -3.22. The Morgan fingerprint density at radius 3 is 2.76 bits per heavy atom. The van der Waals surface area contributed by atoms with Crippen molar-refractivity contribution in [2.24, 2.45) is 5.92 Å². The lowest BCUT2D eigenvalue weighted by atomic mass is 9.97. The molecule has 3 heterocycles. The Bertz CT molecular complexity index is 1120. The summed E-state index contributed by atoms with van der Waals surface area (Å²) in [5.74, 6) is -0.643. The zero-order valence-electron chi connectivity index (χ0n) is 16.8. The van der Waals surface area contributed by atoms with Gasteiger partial charge in [0.2, 0.25) is 0 Å². The van der Waals surface area contributed by atoms with E-state index in [0.29, 0.717) is 41.5 Å². The molecule has 2 aromatic heterocycles. The Morgan fingerprint density at radius 1 is 1.21 bits per heavy atom. The van der Waals surface area contributed by atoms with E-state index in [-0.39, 0.29) is 5.91 Å². The molecule has 1 saturated heterocycles. The maximum absolute atomic E-state index is 13.3. The Kier molecular flexibility index (Phi) is 4.82. The number of aromatic nitrogens is 3. The van der Waals surface area contributed by atoms with Gasteiger partial charge in [-0.05, 0) is 63.3 Å². The molecule has 1 aromatic carbocycles. The average molecular weight is 392 g/mol. The summed E-state index contributed by atoms with van der Waals surface area (Å²) in [5, 5.41) is 13.7. The molecule has 1 fully saturated rings. The zero-order chi connectivity index (χ0) is 20.7. The molecule has 1 amide bonds. The minimum Gasteiger partial charge on any atom is -0.478 e. The van der Waals surface area contributed by atoms with E-state index in [2.05, 4.69) is 10.1 Å². The van der Waals surface area contributed by atoms with Crippen molar-refractivity contribution in [3.63, 3.8) is 0 Å². The summed E-state index contributed by atoms with van der Waals surface area (Å²) in [7, 11) is 0. The van der Waals surface area contributed by atoms with Gasteiger partial charge in [0, 0.05) is 24.5 Å². The normalized spacial score (nSPS) is 16.5. The van der Waals surface area contributed by atoms with E-state index in [0.717, 1.165) is 29.8 Å². The summed E-state index contributed by atoms with van der Waals surface area (Å²) in [6.07, 6.45) is 1.65. The van der Waals surface area contributed by atoms with Crippen molar-refractivity contribution in [2.75, 3.05) is 13.1 Å². The number of rotatable bonds is 4. The lowest BCUT2D eigenvalue weighted by Gasteiger charge is -2.16. The number of carboxylic acid groups (broad SMARTS) is 1. The third kappa shape index (κ3) is 3.60. The average Bonchev–Trinajstić information content (AvgIpc) is 3.26. The number of amides is 1. The molecule has 1 aliphatic heterocycles. The molecule has 0 spiro atoms. The molecule has 0 bridgehead atoms. The zero-order valence-corrected chi connectivity index (χ0v) is 16.8. The number of carbonyl (C=O) groups is 2. The van der Waals surface area contributed by atoms with E-state index in [9.17, 15) is 14.7 Å². The molecule has 3 aromatic rings. The number of likely N-dealkylation sites (tertiary alicyclic amines) is 1. The molecule has 7 nitrogen and oxygen atoms in total. The number of hydrogen-bond donors (Lipinski definition) is 1. The van der Waals surface area contributed by atoms with Crippen LogP contribution in [0.3, 0.4) is 0 Å². The number of benzene rings is 1. The maximum Gasteiger partial charge on any atom is 0.335 e. The van der Waals surface area contributed by atoms with Gasteiger partial charge in [0.1, 0.15) is 5.56 Å². The fraction of sp³-hybridized carbons (Fsp3) is 0.364. The van der Waals surface area contributed by atoms with E-state index < -0.39 is 5.97 Å². The van der Waals surface area contributed by atoms with E-state index in [4.69, 9.17) is 0 Å². The van der Waals surface area contributed by atoms with Crippen LogP contribution in [0.4, 0.5) is 0 Å². The Morgan fingerprint density at radius 2 is 2.00 bits per heavy atom. The highest BCUT2D eigenvalue weighted by Crippen LogP contribution is 2.25. The third-order valence-electron chi connectivity index (χ3n) is 5.56. The molecular formula is C22H24N4O3. The van der Waals surface area contributed by atoms with E-state index in [1.54, 1.807) is 22.7 Å². The fourth-order valence-corrected chi connectivity index (χ4v) is 4.18. The van der Waals surface area contributed by atoms with E-state index in [1.165, 1.54) is 0 Å². The van der Waals surface area contributed by atoms with Gasteiger partial charge < -0.3 is 10.0 Å². The van der Waals surface area contributed by atoms with Crippen LogP contribution in [0, 0.1) is 26.7 Å². The molecule has 0 saturated carbocycles. The van der Waals surface area contributed by atoms with Gasteiger partial charge in [-0.1, -0.05) is 12.1 Å². The maximum atomic E-state index is 13.3. The molecule has 7 heteroatoms. The molecule has 0 aliphatic carbocycles. The van der Waals surface area contributed by atoms with Crippen LogP contribution in [0.5, 0.6) is 0 Å². The smallest absolute Gasteiger partial charge is 0.335 e. The van der Waals surface area contributed by atoms with Crippen molar-refractivity contribution in [2.45, 2.75) is 33.6 Å². The lowest BCUT2D eigenvalue weighted by Crippen LogP contribution is -2.29. The van der Waals surface area contributed by atoms with E-state index >= 15 is 0 Å². The number of aryl methyl sites for hydroxylation is 3. The second-order valence-electron chi connectivity index (χ2n) is 7.85. The van der Waals surface area contributed by atoms with Crippen LogP contribution in [-0.4, -0.2) is 49.6 Å². The van der Waals surface area contributed by atoms with Crippen molar-refractivity contribution in [3.05, 3.63) is 64.1 Å². The Labute approximate surface area is 169 Å². The first-order valence-electron chi connectivity index (χ1n) is 9.78. The molecule has 1 aliphatic rings. The number of fused-ring (bicyclic) bond motifs is 1. The molecule has 1 atom stereocenters. The molecule has 4 rings (SSSR count). The second kappa shape index (κ2) is 7.31. The minimum atomic E-state index is -0.920. The van der Waals surface area contributed by atoms with Crippen LogP contribution in [0.2, 0.25) is 0 Å². The summed E-state index contributed by atoms with van der Waals surface area (Å²) in [4.78, 5) is 30.9. The first-order chi connectivity index (χ1) is 13.8. The summed E-state index contributed by atoms with van der Waals surface area (Å²) in [6.45, 7) is 7.06. The van der Waals surface area contributed by atoms with Crippen LogP contribution in [0.25, 0.3) is 5.65 Å². The van der Waals surface area contributed by atoms with Gasteiger partial charge in [-0.25, -0.2) is 14.3 Å². The highest BCUT2D eigenvalue weighted by molar-refractivity contribution is 6.01. The second-order valence-corrected chi connectivity index (χ2v) is 7.85. The predicted octanol–water partition coefficient (Wildman–Crippen LogP) is 3.06. The number of carboxylic acids is 1. The molecular weight excluding hydrogens is 368 g/mol. The minimum absolute atomic E-state index is 0.0308. The van der Waals surface area contributed by atoms with Crippen molar-refractivity contribution < 1.29 is 14.7 Å². The van der Waals surface area contributed by atoms with Gasteiger partial charge in [0.25, 0.3) is 5.91 Å². The molecule has 29 heavy (non-hydrogen) atoms. The van der Waals surface area contributed by atoms with Crippen molar-refractivity contribution in [3.8, 4) is 0 Å². The first-order valence-corrected chi connectivity index (χ1v) is 9.78. The third-order valence-corrected chi connectivity index (χ3v) is 5.56. The highest BCUT2D eigenvalue weighted by atomic mass is 16.4. The lowest BCUT2D eigenvalue weighted by molar-refractivity contribution is 0.0696. The first kappa shape index (κ1) is 19.1. The van der Waals surface area contributed by atoms with Crippen LogP contribution < -0.4 is 0 Å². The standard InChI is InChI=1S/C22H24N4O3/c1-13-9-14(2)26-20(23-13)19(15(3)24-26)21(27)25-8-7-17(12-25)10-16-5-4-6-18(11-16)22(28)29/h4-6,9,11,17H,7-8,10,12H2,1-3H3,(H,28,29).